The Morgan fingerprint density at radius 2 is 2.00 bits per heavy atom. The van der Waals surface area contributed by atoms with E-state index >= 15 is 0 Å². The number of Topliss-reactive ketones (excluding diaryl/α,β-unsaturated/α-hetero) is 1. The first-order valence-electron chi connectivity index (χ1n) is 6.96. The minimum Gasteiger partial charge on any atom is -0.381 e. The summed E-state index contributed by atoms with van der Waals surface area (Å²) in [7, 11) is 1.92. The van der Waals surface area contributed by atoms with E-state index in [0.717, 1.165) is 29.9 Å². The molecular weight excluding hydrogens is 250 g/mol. The molecule has 0 fully saturated rings. The fraction of sp³-hybridized carbons (Fsp3) is 0.375. The largest absolute Gasteiger partial charge is 0.381 e. The summed E-state index contributed by atoms with van der Waals surface area (Å²) in [5, 5.41) is 7.66. The molecule has 1 aromatic carbocycles. The topological polar surface area (TPSA) is 46.9 Å². The summed E-state index contributed by atoms with van der Waals surface area (Å²) >= 11 is 0. The van der Waals surface area contributed by atoms with Gasteiger partial charge in [-0.05, 0) is 37.6 Å². The van der Waals surface area contributed by atoms with Crippen LogP contribution in [0.1, 0.15) is 41.4 Å². The van der Waals surface area contributed by atoms with Crippen molar-refractivity contribution in [3.05, 3.63) is 47.3 Å². The summed E-state index contributed by atoms with van der Waals surface area (Å²) in [6.45, 7) is 4.76. The molecule has 4 nitrogen and oxygen atoms in total. The molecule has 0 unspecified atom stereocenters. The fourth-order valence-electron chi connectivity index (χ4n) is 2.16. The molecular formula is C16H21N3O. The van der Waals surface area contributed by atoms with Crippen LogP contribution < -0.4 is 5.32 Å². The van der Waals surface area contributed by atoms with Crippen molar-refractivity contribution in [1.82, 2.24) is 9.78 Å². The highest BCUT2D eigenvalue weighted by Gasteiger charge is 2.05. The Hall–Kier alpha value is -2.10. The monoisotopic (exact) mass is 271 g/mol. The maximum absolute atomic E-state index is 11.8. The minimum atomic E-state index is 0.210. The van der Waals surface area contributed by atoms with E-state index in [1.165, 1.54) is 5.56 Å². The molecule has 1 N–H and O–H groups in total. The lowest BCUT2D eigenvalue weighted by Crippen LogP contribution is -2.01. The second kappa shape index (κ2) is 6.37. The van der Waals surface area contributed by atoms with Gasteiger partial charge in [-0.2, -0.15) is 5.10 Å². The zero-order chi connectivity index (χ0) is 14.5. The van der Waals surface area contributed by atoms with Crippen LogP contribution in [0.25, 0.3) is 0 Å². The lowest BCUT2D eigenvalue weighted by molar-refractivity contribution is 0.0982. The van der Waals surface area contributed by atoms with Crippen LogP contribution in [-0.4, -0.2) is 15.6 Å². The van der Waals surface area contributed by atoms with E-state index in [1.54, 1.807) is 0 Å². The van der Waals surface area contributed by atoms with E-state index < -0.39 is 0 Å². The Balaban J connectivity index is 1.97. The van der Waals surface area contributed by atoms with Crippen LogP contribution in [0.3, 0.4) is 0 Å². The molecule has 0 aliphatic heterocycles. The Bertz CT molecular complexity index is 584. The summed E-state index contributed by atoms with van der Waals surface area (Å²) in [6.07, 6.45) is 3.52. The van der Waals surface area contributed by atoms with Crippen LogP contribution in [0.15, 0.2) is 30.5 Å². The second-order valence-electron chi connectivity index (χ2n) is 5.02. The third kappa shape index (κ3) is 3.47. The quantitative estimate of drug-likeness (QED) is 0.820. The van der Waals surface area contributed by atoms with Crippen molar-refractivity contribution in [2.45, 2.75) is 33.2 Å². The van der Waals surface area contributed by atoms with Crippen molar-refractivity contribution >= 4 is 11.5 Å². The van der Waals surface area contributed by atoms with Crippen molar-refractivity contribution in [3.8, 4) is 0 Å². The third-order valence-electron chi connectivity index (χ3n) is 3.28. The molecule has 0 amide bonds. The van der Waals surface area contributed by atoms with E-state index in [1.807, 2.05) is 56.0 Å². The summed E-state index contributed by atoms with van der Waals surface area (Å²) in [5.74, 6) is 0.210. The van der Waals surface area contributed by atoms with Gasteiger partial charge in [0.05, 0.1) is 5.69 Å². The second-order valence-corrected chi connectivity index (χ2v) is 5.02. The highest BCUT2D eigenvalue weighted by molar-refractivity contribution is 5.96. The number of aryl methyl sites for hydroxylation is 2. The van der Waals surface area contributed by atoms with Crippen molar-refractivity contribution in [2.75, 3.05) is 5.32 Å². The van der Waals surface area contributed by atoms with Crippen molar-refractivity contribution in [3.63, 3.8) is 0 Å². The number of rotatable bonds is 6. The molecule has 0 aliphatic rings. The molecule has 0 saturated carbocycles. The smallest absolute Gasteiger partial charge is 0.162 e. The minimum absolute atomic E-state index is 0.210. The number of anilines is 1. The summed E-state index contributed by atoms with van der Waals surface area (Å²) in [4.78, 5) is 11.8. The van der Waals surface area contributed by atoms with Gasteiger partial charge in [0.15, 0.2) is 5.78 Å². The van der Waals surface area contributed by atoms with Crippen LogP contribution in [0.2, 0.25) is 0 Å². The average Bonchev–Trinajstić information content (AvgIpc) is 2.75. The lowest BCUT2D eigenvalue weighted by Gasteiger charge is -2.06. The number of carbonyl (C=O) groups excluding carboxylic acids is 1. The molecule has 2 rings (SSSR count). The summed E-state index contributed by atoms with van der Waals surface area (Å²) in [6, 6.07) is 7.68. The van der Waals surface area contributed by atoms with Gasteiger partial charge in [-0.3, -0.25) is 9.48 Å². The number of hydrogen-bond donors (Lipinski definition) is 1. The molecule has 20 heavy (non-hydrogen) atoms. The fourth-order valence-corrected chi connectivity index (χ4v) is 2.16. The average molecular weight is 271 g/mol. The molecule has 0 bridgehead atoms. The van der Waals surface area contributed by atoms with Gasteiger partial charge >= 0.3 is 0 Å². The molecule has 0 radical (unpaired) electrons. The highest BCUT2D eigenvalue weighted by atomic mass is 16.1. The zero-order valence-electron chi connectivity index (χ0n) is 12.3. The molecule has 0 saturated heterocycles. The van der Waals surface area contributed by atoms with Gasteiger partial charge in [0.25, 0.3) is 0 Å². The number of nitrogens with zero attached hydrogens (tertiary/aromatic N) is 2. The molecule has 0 atom stereocenters. The normalized spacial score (nSPS) is 10.6. The number of benzene rings is 1. The van der Waals surface area contributed by atoms with Crippen LogP contribution in [0.4, 0.5) is 5.69 Å². The summed E-state index contributed by atoms with van der Waals surface area (Å²) in [5.41, 5.74) is 4.02. The maximum Gasteiger partial charge on any atom is 0.162 e. The van der Waals surface area contributed by atoms with Gasteiger partial charge in [-0.25, -0.2) is 0 Å². The van der Waals surface area contributed by atoms with Gasteiger partial charge in [0.2, 0.25) is 0 Å². The molecule has 1 aromatic heterocycles. The number of aromatic nitrogens is 2. The van der Waals surface area contributed by atoms with E-state index in [-0.39, 0.29) is 5.78 Å². The van der Waals surface area contributed by atoms with E-state index in [4.69, 9.17) is 0 Å². The van der Waals surface area contributed by atoms with Gasteiger partial charge in [-0.1, -0.05) is 6.92 Å². The van der Waals surface area contributed by atoms with Crippen molar-refractivity contribution in [2.24, 2.45) is 7.05 Å². The zero-order valence-corrected chi connectivity index (χ0v) is 12.3. The molecule has 1 heterocycles. The third-order valence-corrected chi connectivity index (χ3v) is 3.28. The lowest BCUT2D eigenvalue weighted by atomic mass is 10.1. The van der Waals surface area contributed by atoms with E-state index in [9.17, 15) is 4.79 Å². The van der Waals surface area contributed by atoms with Gasteiger partial charge < -0.3 is 5.32 Å². The summed E-state index contributed by atoms with van der Waals surface area (Å²) < 4.78 is 1.82. The van der Waals surface area contributed by atoms with Gasteiger partial charge in [0, 0.05) is 43.0 Å². The number of hydrogen-bond acceptors (Lipinski definition) is 3. The van der Waals surface area contributed by atoms with Crippen molar-refractivity contribution < 1.29 is 4.79 Å². The Labute approximate surface area is 119 Å². The van der Waals surface area contributed by atoms with Crippen LogP contribution in [-0.2, 0) is 13.6 Å². The van der Waals surface area contributed by atoms with E-state index in [0.29, 0.717) is 6.42 Å². The Morgan fingerprint density at radius 1 is 1.30 bits per heavy atom. The van der Waals surface area contributed by atoms with Crippen LogP contribution in [0.5, 0.6) is 0 Å². The maximum atomic E-state index is 11.8. The first-order chi connectivity index (χ1) is 9.60. The molecule has 0 spiro atoms. The van der Waals surface area contributed by atoms with Crippen LogP contribution in [0, 0.1) is 6.92 Å². The Kier molecular flexibility index (Phi) is 4.56. The molecule has 4 heteroatoms. The van der Waals surface area contributed by atoms with Gasteiger partial charge in [0.1, 0.15) is 0 Å². The SMILES string of the molecule is CCCC(=O)c1ccc(NCc2cn(C)nc2C)cc1. The standard InChI is InChI=1S/C16H21N3O/c1-4-5-16(20)13-6-8-15(9-7-13)17-10-14-11-19(3)18-12(14)2/h6-9,11,17H,4-5,10H2,1-3H3. The number of ketones is 1. The molecule has 0 aliphatic carbocycles. The first kappa shape index (κ1) is 14.3. The molecule has 2 aromatic rings. The molecule has 106 valence electrons. The number of nitrogens with one attached hydrogen (secondary N) is 1. The Morgan fingerprint density at radius 3 is 2.55 bits per heavy atom. The number of carbonyl (C=O) groups is 1. The first-order valence-corrected chi connectivity index (χ1v) is 6.96. The van der Waals surface area contributed by atoms with Crippen molar-refractivity contribution in [1.29, 1.82) is 0 Å². The van der Waals surface area contributed by atoms with E-state index in [2.05, 4.69) is 10.4 Å². The predicted octanol–water partition coefficient (Wildman–Crippen LogP) is 3.32. The van der Waals surface area contributed by atoms with Gasteiger partial charge in [-0.15, -0.1) is 0 Å². The van der Waals surface area contributed by atoms with Crippen LogP contribution >= 0.6 is 0 Å². The highest BCUT2D eigenvalue weighted by Crippen LogP contribution is 2.14. The predicted molar refractivity (Wildman–Crippen MR) is 81.0 cm³/mol.